The Kier molecular flexibility index (Phi) is 3.87. The van der Waals surface area contributed by atoms with Gasteiger partial charge < -0.3 is 20.9 Å². The van der Waals surface area contributed by atoms with Gasteiger partial charge in [-0.1, -0.05) is 6.92 Å². The molecule has 0 radical (unpaired) electrons. The van der Waals surface area contributed by atoms with Crippen molar-refractivity contribution in [1.29, 1.82) is 0 Å². The molecule has 1 saturated carbocycles. The van der Waals surface area contributed by atoms with Crippen LogP contribution in [0, 0.1) is 12.3 Å². The van der Waals surface area contributed by atoms with Crippen LogP contribution in [0.2, 0.25) is 0 Å². The van der Waals surface area contributed by atoms with Crippen LogP contribution in [-0.4, -0.2) is 48.0 Å². The van der Waals surface area contributed by atoms with Crippen molar-refractivity contribution in [2.75, 3.05) is 36.4 Å². The summed E-state index contributed by atoms with van der Waals surface area (Å²) in [4.78, 5) is 31.9. The fourth-order valence-corrected chi connectivity index (χ4v) is 3.01. The first-order valence-corrected chi connectivity index (χ1v) is 7.96. The minimum absolute atomic E-state index is 0.0988. The summed E-state index contributed by atoms with van der Waals surface area (Å²) in [5, 5.41) is 2.53. The van der Waals surface area contributed by atoms with Crippen LogP contribution >= 0.6 is 0 Å². The molecule has 3 rings (SSSR count). The molecule has 124 valence electrons. The van der Waals surface area contributed by atoms with Crippen LogP contribution in [0.3, 0.4) is 0 Å². The highest BCUT2D eigenvalue weighted by atomic mass is 16.2. The zero-order chi connectivity index (χ0) is 16.6. The van der Waals surface area contributed by atoms with Gasteiger partial charge in [0.15, 0.2) is 0 Å². The third-order valence-corrected chi connectivity index (χ3v) is 4.70. The van der Waals surface area contributed by atoms with Crippen molar-refractivity contribution in [1.82, 2.24) is 9.88 Å². The third kappa shape index (κ3) is 3.23. The van der Waals surface area contributed by atoms with Gasteiger partial charge in [-0.25, -0.2) is 9.78 Å². The van der Waals surface area contributed by atoms with Crippen molar-refractivity contribution in [2.45, 2.75) is 26.7 Å². The molecule has 2 heterocycles. The van der Waals surface area contributed by atoms with E-state index in [1.54, 1.807) is 6.20 Å². The summed E-state index contributed by atoms with van der Waals surface area (Å²) in [6.07, 6.45) is 3.64. The number of primary amides is 1. The van der Waals surface area contributed by atoms with Crippen LogP contribution in [-0.2, 0) is 4.79 Å². The van der Waals surface area contributed by atoms with Gasteiger partial charge in [0.2, 0.25) is 5.91 Å². The molecule has 23 heavy (non-hydrogen) atoms. The standard InChI is InChI=1S/C16H23N5O2/c1-11-9-12(19-15(17)23)10-18-13(11)20-5-7-21(8-6-20)14(22)16(2)3-4-16/h9-10H,3-8H2,1-2H3,(H3,17,19,23). The summed E-state index contributed by atoms with van der Waals surface area (Å²) in [6, 6.07) is 1.26. The van der Waals surface area contributed by atoms with Gasteiger partial charge in [-0.3, -0.25) is 4.79 Å². The quantitative estimate of drug-likeness (QED) is 0.880. The van der Waals surface area contributed by atoms with Gasteiger partial charge in [0.25, 0.3) is 0 Å². The monoisotopic (exact) mass is 317 g/mol. The summed E-state index contributed by atoms with van der Waals surface area (Å²) in [5.41, 5.74) is 6.58. The average Bonchev–Trinajstić information content (AvgIpc) is 3.25. The second-order valence-electron chi connectivity index (χ2n) is 6.69. The number of carbonyl (C=O) groups excluding carboxylic acids is 2. The van der Waals surface area contributed by atoms with E-state index < -0.39 is 6.03 Å². The lowest BCUT2D eigenvalue weighted by molar-refractivity contribution is -0.136. The van der Waals surface area contributed by atoms with Crippen LogP contribution in [0.1, 0.15) is 25.3 Å². The lowest BCUT2D eigenvalue weighted by Crippen LogP contribution is -2.50. The van der Waals surface area contributed by atoms with E-state index in [0.29, 0.717) is 11.6 Å². The fraction of sp³-hybridized carbons (Fsp3) is 0.562. The molecule has 0 aromatic carbocycles. The number of nitrogens with one attached hydrogen (secondary N) is 1. The summed E-state index contributed by atoms with van der Waals surface area (Å²) in [7, 11) is 0. The van der Waals surface area contributed by atoms with E-state index in [2.05, 4.69) is 22.1 Å². The first kappa shape index (κ1) is 15.6. The molecular weight excluding hydrogens is 294 g/mol. The van der Waals surface area contributed by atoms with Crippen LogP contribution in [0.4, 0.5) is 16.3 Å². The SMILES string of the molecule is Cc1cc(NC(N)=O)cnc1N1CCN(C(=O)C2(C)CC2)CC1. The number of aryl methyl sites for hydroxylation is 1. The van der Waals surface area contributed by atoms with Gasteiger partial charge in [-0.05, 0) is 31.4 Å². The average molecular weight is 317 g/mol. The van der Waals surface area contributed by atoms with Crippen molar-refractivity contribution in [3.05, 3.63) is 17.8 Å². The molecule has 7 heteroatoms. The highest BCUT2D eigenvalue weighted by molar-refractivity contribution is 5.88. The Morgan fingerprint density at radius 3 is 2.43 bits per heavy atom. The highest BCUT2D eigenvalue weighted by Crippen LogP contribution is 2.46. The number of carbonyl (C=O) groups is 2. The summed E-state index contributed by atoms with van der Waals surface area (Å²) < 4.78 is 0. The Bertz CT molecular complexity index is 633. The third-order valence-electron chi connectivity index (χ3n) is 4.70. The summed E-state index contributed by atoms with van der Waals surface area (Å²) in [5.74, 6) is 1.19. The predicted molar refractivity (Wildman–Crippen MR) is 88.3 cm³/mol. The Hall–Kier alpha value is -2.31. The van der Waals surface area contributed by atoms with E-state index in [1.165, 1.54) is 0 Å². The maximum absolute atomic E-state index is 12.4. The van der Waals surface area contributed by atoms with Crippen LogP contribution in [0.25, 0.3) is 0 Å². The van der Waals surface area contributed by atoms with Crippen molar-refractivity contribution < 1.29 is 9.59 Å². The molecule has 2 aliphatic rings. The molecule has 1 saturated heterocycles. The lowest BCUT2D eigenvalue weighted by Gasteiger charge is -2.37. The van der Waals surface area contributed by atoms with Gasteiger partial charge in [0, 0.05) is 31.6 Å². The van der Waals surface area contributed by atoms with Gasteiger partial charge >= 0.3 is 6.03 Å². The molecule has 1 aromatic rings. The van der Waals surface area contributed by atoms with E-state index in [-0.39, 0.29) is 5.41 Å². The van der Waals surface area contributed by atoms with Crippen LogP contribution < -0.4 is 16.0 Å². The maximum Gasteiger partial charge on any atom is 0.316 e. The predicted octanol–water partition coefficient (Wildman–Crippen LogP) is 1.33. The molecule has 1 aliphatic carbocycles. The molecule has 2 fully saturated rings. The fourth-order valence-electron chi connectivity index (χ4n) is 3.01. The number of anilines is 2. The number of urea groups is 1. The molecule has 1 aliphatic heterocycles. The van der Waals surface area contributed by atoms with E-state index in [4.69, 9.17) is 5.73 Å². The Morgan fingerprint density at radius 1 is 1.26 bits per heavy atom. The van der Waals surface area contributed by atoms with Gasteiger partial charge in [-0.2, -0.15) is 0 Å². The Balaban J connectivity index is 1.63. The number of aromatic nitrogens is 1. The van der Waals surface area contributed by atoms with Crippen LogP contribution in [0.5, 0.6) is 0 Å². The number of nitrogens with two attached hydrogens (primary N) is 1. The van der Waals surface area contributed by atoms with Crippen molar-refractivity contribution in [2.24, 2.45) is 11.1 Å². The Morgan fingerprint density at radius 2 is 1.91 bits per heavy atom. The van der Waals surface area contributed by atoms with Gasteiger partial charge in [0.05, 0.1) is 11.9 Å². The van der Waals surface area contributed by atoms with E-state index in [1.807, 2.05) is 17.9 Å². The molecular formula is C16H23N5O2. The maximum atomic E-state index is 12.4. The zero-order valence-electron chi connectivity index (χ0n) is 13.6. The smallest absolute Gasteiger partial charge is 0.316 e. The van der Waals surface area contributed by atoms with Crippen molar-refractivity contribution >= 4 is 23.4 Å². The second kappa shape index (κ2) is 5.72. The number of hydrogen-bond acceptors (Lipinski definition) is 4. The number of hydrogen-bond donors (Lipinski definition) is 2. The topological polar surface area (TPSA) is 91.6 Å². The number of rotatable bonds is 3. The molecule has 0 spiro atoms. The molecule has 3 amide bonds. The van der Waals surface area contributed by atoms with Crippen molar-refractivity contribution in [3.8, 4) is 0 Å². The van der Waals surface area contributed by atoms with Crippen LogP contribution in [0.15, 0.2) is 12.3 Å². The largest absolute Gasteiger partial charge is 0.353 e. The normalized spacial score (nSPS) is 19.4. The summed E-state index contributed by atoms with van der Waals surface area (Å²) >= 11 is 0. The van der Waals surface area contributed by atoms with E-state index in [9.17, 15) is 9.59 Å². The second-order valence-corrected chi connectivity index (χ2v) is 6.69. The molecule has 0 bridgehead atoms. The number of nitrogens with zero attached hydrogens (tertiary/aromatic N) is 3. The lowest BCUT2D eigenvalue weighted by atomic mass is 10.1. The highest BCUT2D eigenvalue weighted by Gasteiger charge is 2.47. The number of pyridine rings is 1. The number of amides is 3. The first-order chi connectivity index (χ1) is 10.9. The van der Waals surface area contributed by atoms with Gasteiger partial charge in [0.1, 0.15) is 5.82 Å². The van der Waals surface area contributed by atoms with Crippen molar-refractivity contribution in [3.63, 3.8) is 0 Å². The zero-order valence-corrected chi connectivity index (χ0v) is 13.6. The minimum atomic E-state index is -0.598. The molecule has 0 unspecified atom stereocenters. The number of piperazine rings is 1. The first-order valence-electron chi connectivity index (χ1n) is 7.96. The minimum Gasteiger partial charge on any atom is -0.353 e. The summed E-state index contributed by atoms with van der Waals surface area (Å²) in [6.45, 7) is 7.03. The van der Waals surface area contributed by atoms with E-state index in [0.717, 1.165) is 50.4 Å². The molecule has 1 aromatic heterocycles. The Labute approximate surface area is 135 Å². The van der Waals surface area contributed by atoms with E-state index >= 15 is 0 Å². The molecule has 7 nitrogen and oxygen atoms in total. The van der Waals surface area contributed by atoms with Gasteiger partial charge in [-0.15, -0.1) is 0 Å². The molecule has 0 atom stereocenters. The molecule has 3 N–H and O–H groups in total.